The summed E-state index contributed by atoms with van der Waals surface area (Å²) in [6, 6.07) is 64.5. The molecule has 0 radical (unpaired) electrons. The van der Waals surface area contributed by atoms with Gasteiger partial charge in [-0.15, -0.1) is 0 Å². The Kier molecular flexibility index (Phi) is 5.46. The van der Waals surface area contributed by atoms with Crippen LogP contribution in [0.15, 0.2) is 180 Å². The van der Waals surface area contributed by atoms with E-state index >= 15 is 0 Å². The molecule has 0 saturated heterocycles. The normalized spacial score (nSPS) is 13.5. The van der Waals surface area contributed by atoms with Gasteiger partial charge in [-0.1, -0.05) is 146 Å². The summed E-state index contributed by atoms with van der Waals surface area (Å²) in [4.78, 5) is 4.91. The number of rotatable bonds is 2. The predicted molar refractivity (Wildman–Crippen MR) is 214 cm³/mol. The lowest BCUT2D eigenvalue weighted by molar-refractivity contribution is 0.623. The number of nitrogens with zero attached hydrogens (tertiary/aromatic N) is 1. The second-order valence-corrected chi connectivity index (χ2v) is 14.2. The van der Waals surface area contributed by atoms with E-state index in [1.54, 1.807) is 0 Å². The van der Waals surface area contributed by atoms with Crippen LogP contribution in [0.1, 0.15) is 22.3 Å². The van der Waals surface area contributed by atoms with Crippen LogP contribution in [-0.4, -0.2) is 4.98 Å². The smallest absolute Gasteiger partial charge is 0.227 e. The van der Waals surface area contributed by atoms with E-state index in [9.17, 15) is 0 Å². The molecule has 0 saturated carbocycles. The molecule has 0 N–H and O–H groups in total. The SMILES string of the molecule is c1ccc(-c2nc3ccc4ccc5ccc(-c6ccc7c(c6)C6(c8ccccc8-c8ccccc86)c6ccc8ccccc8c6-7)cc5c4c3o2)cc1. The number of oxazole rings is 1. The second-order valence-electron chi connectivity index (χ2n) is 14.2. The first-order valence-corrected chi connectivity index (χ1v) is 18.0. The lowest BCUT2D eigenvalue weighted by Crippen LogP contribution is -2.25. The molecule has 2 aliphatic carbocycles. The van der Waals surface area contributed by atoms with Gasteiger partial charge in [0.25, 0.3) is 0 Å². The highest BCUT2D eigenvalue weighted by atomic mass is 16.3. The summed E-state index contributed by atoms with van der Waals surface area (Å²) in [6.45, 7) is 0. The minimum atomic E-state index is -0.415. The monoisotopic (exact) mass is 659 g/mol. The van der Waals surface area contributed by atoms with Crippen molar-refractivity contribution >= 4 is 43.4 Å². The van der Waals surface area contributed by atoms with Crippen molar-refractivity contribution in [2.45, 2.75) is 5.41 Å². The standard InChI is InChI=1S/C50H29NO/c1-2-11-33(12-3-1)49-51-45-27-24-32-20-18-31-19-21-34(28-40(31)46(32)48(45)52-49)35-22-25-39-44(29-35)50(43-26-23-30-10-4-5-13-36(30)47(39)43)41-16-8-6-14-37(41)38-15-7-9-17-42(38)50/h1-29H. The van der Waals surface area contributed by atoms with Crippen LogP contribution in [0.4, 0.5) is 0 Å². The van der Waals surface area contributed by atoms with Crippen LogP contribution < -0.4 is 0 Å². The zero-order valence-corrected chi connectivity index (χ0v) is 28.1. The van der Waals surface area contributed by atoms with E-state index in [-0.39, 0.29) is 0 Å². The third-order valence-electron chi connectivity index (χ3n) is 11.7. The first-order chi connectivity index (χ1) is 25.8. The Morgan fingerprint density at radius 1 is 0.404 bits per heavy atom. The Labute approximate surface area is 300 Å². The molecule has 9 aromatic carbocycles. The fourth-order valence-electron chi connectivity index (χ4n) is 9.49. The minimum absolute atomic E-state index is 0.415. The van der Waals surface area contributed by atoms with Crippen LogP contribution in [0.2, 0.25) is 0 Å². The summed E-state index contributed by atoms with van der Waals surface area (Å²) in [5.74, 6) is 0.643. The molecule has 240 valence electrons. The summed E-state index contributed by atoms with van der Waals surface area (Å²) in [5.41, 5.74) is 15.3. The van der Waals surface area contributed by atoms with E-state index in [0.29, 0.717) is 5.89 Å². The Balaban J connectivity index is 1.13. The van der Waals surface area contributed by atoms with Gasteiger partial charge >= 0.3 is 0 Å². The average molecular weight is 660 g/mol. The lowest BCUT2D eigenvalue weighted by atomic mass is 9.70. The van der Waals surface area contributed by atoms with E-state index < -0.39 is 5.41 Å². The third kappa shape index (κ3) is 3.56. The molecule has 2 heteroatoms. The maximum absolute atomic E-state index is 6.57. The molecular formula is C50H29NO. The Morgan fingerprint density at radius 3 is 1.88 bits per heavy atom. The average Bonchev–Trinajstić information content (AvgIpc) is 3.88. The van der Waals surface area contributed by atoms with Crippen molar-refractivity contribution in [2.24, 2.45) is 0 Å². The van der Waals surface area contributed by atoms with Crippen LogP contribution in [0, 0.1) is 0 Å². The van der Waals surface area contributed by atoms with Crippen molar-refractivity contribution in [3.63, 3.8) is 0 Å². The minimum Gasteiger partial charge on any atom is -0.435 e. The molecule has 0 aliphatic heterocycles. The summed E-state index contributed by atoms with van der Waals surface area (Å²) < 4.78 is 6.57. The summed E-state index contributed by atoms with van der Waals surface area (Å²) in [6.07, 6.45) is 0. The fourth-order valence-corrected chi connectivity index (χ4v) is 9.49. The van der Waals surface area contributed by atoms with E-state index in [4.69, 9.17) is 9.40 Å². The Bertz CT molecular complexity index is 3090. The number of fused-ring (bicyclic) bond motifs is 17. The molecule has 2 nitrogen and oxygen atoms in total. The Morgan fingerprint density at radius 2 is 1.04 bits per heavy atom. The lowest BCUT2D eigenvalue weighted by Gasteiger charge is -2.30. The highest BCUT2D eigenvalue weighted by Gasteiger charge is 2.52. The van der Waals surface area contributed by atoms with Crippen molar-refractivity contribution in [3.05, 3.63) is 198 Å². The number of aromatic nitrogens is 1. The quantitative estimate of drug-likeness (QED) is 0.173. The molecule has 2 aliphatic rings. The third-order valence-corrected chi connectivity index (χ3v) is 11.7. The van der Waals surface area contributed by atoms with Crippen molar-refractivity contribution in [1.82, 2.24) is 4.98 Å². The first-order valence-electron chi connectivity index (χ1n) is 18.0. The van der Waals surface area contributed by atoms with Crippen LogP contribution in [0.25, 0.3) is 88.3 Å². The summed E-state index contributed by atoms with van der Waals surface area (Å²) >= 11 is 0. The molecule has 0 amide bonds. The number of hydrogen-bond acceptors (Lipinski definition) is 2. The zero-order valence-electron chi connectivity index (χ0n) is 28.1. The van der Waals surface area contributed by atoms with Gasteiger partial charge in [-0.3, -0.25) is 0 Å². The van der Waals surface area contributed by atoms with E-state index in [2.05, 4.69) is 146 Å². The summed E-state index contributed by atoms with van der Waals surface area (Å²) in [5, 5.41) is 7.15. The molecule has 1 heterocycles. The second kappa shape index (κ2) is 10.2. The van der Waals surface area contributed by atoms with Crippen LogP contribution in [0.5, 0.6) is 0 Å². The van der Waals surface area contributed by atoms with E-state index in [1.165, 1.54) is 71.8 Å². The van der Waals surface area contributed by atoms with E-state index in [0.717, 1.165) is 32.8 Å². The highest BCUT2D eigenvalue weighted by molar-refractivity contribution is 6.18. The van der Waals surface area contributed by atoms with Crippen molar-refractivity contribution in [1.29, 1.82) is 0 Å². The van der Waals surface area contributed by atoms with Crippen LogP contribution in [0.3, 0.4) is 0 Å². The van der Waals surface area contributed by atoms with Crippen molar-refractivity contribution < 1.29 is 4.42 Å². The molecular weight excluding hydrogens is 631 g/mol. The van der Waals surface area contributed by atoms with Gasteiger partial charge in [0.1, 0.15) is 5.52 Å². The molecule has 1 spiro atoms. The molecule has 10 aromatic rings. The molecule has 52 heavy (non-hydrogen) atoms. The van der Waals surface area contributed by atoms with Gasteiger partial charge in [0, 0.05) is 10.9 Å². The van der Waals surface area contributed by atoms with Crippen molar-refractivity contribution in [3.8, 4) is 44.8 Å². The zero-order chi connectivity index (χ0) is 34.0. The van der Waals surface area contributed by atoms with Crippen molar-refractivity contribution in [2.75, 3.05) is 0 Å². The largest absolute Gasteiger partial charge is 0.435 e. The molecule has 0 unspecified atom stereocenters. The fraction of sp³-hybridized carbons (Fsp3) is 0.0200. The molecule has 0 bridgehead atoms. The number of benzene rings is 9. The summed E-state index contributed by atoms with van der Waals surface area (Å²) in [7, 11) is 0. The van der Waals surface area contributed by atoms with Gasteiger partial charge in [-0.05, 0) is 113 Å². The predicted octanol–water partition coefficient (Wildman–Crippen LogP) is 13.0. The highest BCUT2D eigenvalue weighted by Crippen LogP contribution is 2.64. The molecule has 0 atom stereocenters. The van der Waals surface area contributed by atoms with Gasteiger partial charge in [0.15, 0.2) is 5.58 Å². The molecule has 1 aromatic heterocycles. The van der Waals surface area contributed by atoms with Gasteiger partial charge in [0.2, 0.25) is 5.89 Å². The van der Waals surface area contributed by atoms with Crippen LogP contribution >= 0.6 is 0 Å². The van der Waals surface area contributed by atoms with E-state index in [1.807, 2.05) is 30.3 Å². The van der Waals surface area contributed by atoms with Gasteiger partial charge in [-0.25, -0.2) is 4.98 Å². The van der Waals surface area contributed by atoms with Gasteiger partial charge in [0.05, 0.1) is 5.41 Å². The van der Waals surface area contributed by atoms with Gasteiger partial charge in [-0.2, -0.15) is 0 Å². The first kappa shape index (κ1) is 28.0. The Hall–Kier alpha value is -6.77. The maximum atomic E-state index is 6.57. The molecule has 12 rings (SSSR count). The number of hydrogen-bond donors (Lipinski definition) is 0. The maximum Gasteiger partial charge on any atom is 0.227 e. The van der Waals surface area contributed by atoms with Crippen LogP contribution in [-0.2, 0) is 5.41 Å². The topological polar surface area (TPSA) is 26.0 Å². The molecule has 0 fully saturated rings. The van der Waals surface area contributed by atoms with Gasteiger partial charge < -0.3 is 4.42 Å².